The predicted molar refractivity (Wildman–Crippen MR) is 55.9 cm³/mol. The van der Waals surface area contributed by atoms with Crippen molar-refractivity contribution in [3.8, 4) is 0 Å². The molecule has 0 aliphatic heterocycles. The number of rotatable bonds is 3. The third-order valence-electron chi connectivity index (χ3n) is 0.953. The van der Waals surface area contributed by atoms with Crippen LogP contribution in [0.4, 0.5) is 0 Å². The van der Waals surface area contributed by atoms with Crippen LogP contribution < -0.4 is 10.6 Å². The Morgan fingerprint density at radius 3 is 2.33 bits per heavy atom. The fourth-order valence-electron chi connectivity index (χ4n) is 0.422. The molecule has 0 atom stereocenters. The molecule has 0 rings (SSSR count). The van der Waals surface area contributed by atoms with Gasteiger partial charge in [-0.25, -0.2) is 0 Å². The smallest absolute Gasteiger partial charge is 0.248 e. The normalized spacial score (nSPS) is 9.00. The molecule has 0 aromatic carbocycles. The molecule has 0 aromatic heterocycles. The van der Waals surface area contributed by atoms with Crippen molar-refractivity contribution in [1.29, 1.82) is 0 Å². The summed E-state index contributed by atoms with van der Waals surface area (Å²) in [6.45, 7) is 7.70. The molecular formula is C8H14N2OS. The lowest BCUT2D eigenvalue weighted by molar-refractivity contribution is -0.117. The predicted octanol–water partition coefficient (Wildman–Crippen LogP) is 0.985. The molecule has 12 heavy (non-hydrogen) atoms. The van der Waals surface area contributed by atoms with E-state index in [1.54, 1.807) is 20.2 Å². The minimum Gasteiger partial charge on any atom is -0.358 e. The first-order chi connectivity index (χ1) is 5.72. The molecule has 0 bridgehead atoms. The van der Waals surface area contributed by atoms with Crippen molar-refractivity contribution in [1.82, 2.24) is 10.6 Å². The number of hydrogen-bond acceptors (Lipinski definition) is 2. The van der Waals surface area contributed by atoms with E-state index in [9.17, 15) is 4.79 Å². The molecule has 0 unspecified atom stereocenters. The third kappa shape index (κ3) is 6.95. The van der Waals surface area contributed by atoms with E-state index in [0.29, 0.717) is 5.57 Å². The highest BCUT2D eigenvalue weighted by Crippen LogP contribution is 1.87. The van der Waals surface area contributed by atoms with E-state index in [-0.39, 0.29) is 5.91 Å². The summed E-state index contributed by atoms with van der Waals surface area (Å²) >= 11 is 4.48. The van der Waals surface area contributed by atoms with E-state index in [4.69, 9.17) is 0 Å². The van der Waals surface area contributed by atoms with Gasteiger partial charge in [0.2, 0.25) is 5.91 Å². The van der Waals surface area contributed by atoms with Crippen LogP contribution in [0, 0.1) is 0 Å². The van der Waals surface area contributed by atoms with Gasteiger partial charge in [-0.2, -0.15) is 0 Å². The Morgan fingerprint density at radius 2 is 2.00 bits per heavy atom. The Kier molecular flexibility index (Phi) is 11.0. The quantitative estimate of drug-likeness (QED) is 0.392. The molecule has 0 radical (unpaired) electrons. The van der Waals surface area contributed by atoms with E-state index in [1.165, 1.54) is 5.49 Å². The SMILES string of the molecule is C=C.CNC(=O)/C(C)=C\NC=S. The van der Waals surface area contributed by atoms with Crippen LogP contribution in [0.3, 0.4) is 0 Å². The van der Waals surface area contributed by atoms with Crippen LogP contribution in [-0.2, 0) is 4.79 Å². The van der Waals surface area contributed by atoms with Gasteiger partial charge in [0.1, 0.15) is 0 Å². The van der Waals surface area contributed by atoms with Crippen molar-refractivity contribution in [3.05, 3.63) is 24.9 Å². The lowest BCUT2D eigenvalue weighted by Gasteiger charge is -1.97. The van der Waals surface area contributed by atoms with Crippen molar-refractivity contribution in [2.75, 3.05) is 7.05 Å². The summed E-state index contributed by atoms with van der Waals surface area (Å²) in [7, 11) is 1.58. The van der Waals surface area contributed by atoms with Gasteiger partial charge in [0.05, 0.1) is 5.49 Å². The number of hydrogen-bond donors (Lipinski definition) is 2. The van der Waals surface area contributed by atoms with Crippen molar-refractivity contribution in [2.24, 2.45) is 0 Å². The number of likely N-dealkylation sites (N-methyl/N-ethyl adjacent to an activating group) is 1. The largest absolute Gasteiger partial charge is 0.358 e. The van der Waals surface area contributed by atoms with Crippen LogP contribution in [0.5, 0.6) is 0 Å². The topological polar surface area (TPSA) is 41.1 Å². The number of carbonyl (C=O) groups excluding carboxylic acids is 1. The molecule has 0 aromatic rings. The van der Waals surface area contributed by atoms with E-state index in [0.717, 1.165) is 0 Å². The lowest BCUT2D eigenvalue weighted by atomic mass is 10.3. The van der Waals surface area contributed by atoms with Crippen LogP contribution in [0.1, 0.15) is 6.92 Å². The summed E-state index contributed by atoms with van der Waals surface area (Å²) < 4.78 is 0. The highest BCUT2D eigenvalue weighted by atomic mass is 32.1. The Labute approximate surface area is 78.5 Å². The number of amides is 1. The zero-order valence-electron chi connectivity index (χ0n) is 7.39. The highest BCUT2D eigenvalue weighted by molar-refractivity contribution is 7.78. The highest BCUT2D eigenvalue weighted by Gasteiger charge is 1.97. The Balaban J connectivity index is 0. The van der Waals surface area contributed by atoms with Gasteiger partial charge in [-0.1, -0.05) is 12.2 Å². The summed E-state index contributed by atoms with van der Waals surface area (Å²) in [5, 5.41) is 5.11. The lowest BCUT2D eigenvalue weighted by Crippen LogP contribution is -2.19. The Morgan fingerprint density at radius 1 is 1.50 bits per heavy atom. The number of nitrogens with one attached hydrogen (secondary N) is 2. The molecule has 68 valence electrons. The van der Waals surface area contributed by atoms with Gasteiger partial charge in [-0.15, -0.1) is 13.2 Å². The first kappa shape index (κ1) is 13.4. The minimum absolute atomic E-state index is 0.107. The molecule has 0 spiro atoms. The summed E-state index contributed by atoms with van der Waals surface area (Å²) in [6, 6.07) is 0. The number of thiocarbonyl (C=S) groups is 1. The monoisotopic (exact) mass is 186 g/mol. The molecule has 2 N–H and O–H groups in total. The van der Waals surface area contributed by atoms with Crippen molar-refractivity contribution < 1.29 is 4.79 Å². The van der Waals surface area contributed by atoms with Crippen LogP contribution in [0.25, 0.3) is 0 Å². The maximum atomic E-state index is 10.8. The van der Waals surface area contributed by atoms with Crippen molar-refractivity contribution >= 4 is 23.6 Å². The van der Waals surface area contributed by atoms with E-state index in [1.807, 2.05) is 0 Å². The first-order valence-corrected chi connectivity index (χ1v) is 3.78. The summed E-state index contributed by atoms with van der Waals surface area (Å²) in [4.78, 5) is 10.8. The minimum atomic E-state index is -0.107. The van der Waals surface area contributed by atoms with Crippen LogP contribution in [0.2, 0.25) is 0 Å². The molecule has 1 amide bonds. The second-order valence-corrected chi connectivity index (χ2v) is 1.93. The van der Waals surface area contributed by atoms with Crippen molar-refractivity contribution in [3.63, 3.8) is 0 Å². The van der Waals surface area contributed by atoms with E-state index in [2.05, 4.69) is 36.0 Å². The average molecular weight is 186 g/mol. The molecule has 0 fully saturated rings. The van der Waals surface area contributed by atoms with Gasteiger partial charge < -0.3 is 10.6 Å². The molecular weight excluding hydrogens is 172 g/mol. The van der Waals surface area contributed by atoms with Gasteiger partial charge in [0.25, 0.3) is 0 Å². The second-order valence-electron chi connectivity index (χ2n) is 1.69. The van der Waals surface area contributed by atoms with Crippen molar-refractivity contribution in [2.45, 2.75) is 6.92 Å². The van der Waals surface area contributed by atoms with Gasteiger partial charge in [-0.3, -0.25) is 4.79 Å². The zero-order valence-corrected chi connectivity index (χ0v) is 8.20. The fourth-order valence-corrected chi connectivity index (χ4v) is 0.490. The van der Waals surface area contributed by atoms with E-state index >= 15 is 0 Å². The molecule has 0 saturated heterocycles. The van der Waals surface area contributed by atoms with Gasteiger partial charge in [-0.05, 0) is 6.92 Å². The van der Waals surface area contributed by atoms with Crippen LogP contribution in [-0.4, -0.2) is 18.4 Å². The molecule has 0 heterocycles. The Hall–Kier alpha value is -1.16. The van der Waals surface area contributed by atoms with E-state index < -0.39 is 0 Å². The molecule has 0 aliphatic rings. The average Bonchev–Trinajstić information content (AvgIpc) is 2.16. The van der Waals surface area contributed by atoms with Gasteiger partial charge in [0.15, 0.2) is 0 Å². The molecule has 0 aliphatic carbocycles. The molecule has 4 heteroatoms. The van der Waals surface area contributed by atoms with Gasteiger partial charge in [0, 0.05) is 18.8 Å². The number of carbonyl (C=O) groups is 1. The maximum absolute atomic E-state index is 10.8. The van der Waals surface area contributed by atoms with Crippen LogP contribution >= 0.6 is 12.2 Å². The zero-order chi connectivity index (χ0) is 9.98. The summed E-state index contributed by atoms with van der Waals surface area (Å²) in [5.41, 5.74) is 1.94. The maximum Gasteiger partial charge on any atom is 0.248 e. The summed E-state index contributed by atoms with van der Waals surface area (Å²) in [5.74, 6) is -0.107. The second kappa shape index (κ2) is 9.84. The molecule has 0 saturated carbocycles. The summed E-state index contributed by atoms with van der Waals surface area (Å²) in [6.07, 6.45) is 1.55. The van der Waals surface area contributed by atoms with Gasteiger partial charge >= 0.3 is 0 Å². The van der Waals surface area contributed by atoms with Crippen LogP contribution in [0.15, 0.2) is 24.9 Å². The third-order valence-corrected chi connectivity index (χ3v) is 1.09. The fraction of sp³-hybridized carbons (Fsp3) is 0.250. The Bertz CT molecular complexity index is 178. The molecule has 3 nitrogen and oxygen atoms in total. The first-order valence-electron chi connectivity index (χ1n) is 3.31. The standard InChI is InChI=1S/C6H10N2OS.C2H4/c1-5(3-8-4-10)6(9)7-2;1-2/h3-4H,1-2H3,(H,7,9)(H,8,10);1-2H2/b5-3-;.